The zero-order valence-corrected chi connectivity index (χ0v) is 14.2. The van der Waals surface area contributed by atoms with Gasteiger partial charge in [0.05, 0.1) is 0 Å². The van der Waals surface area contributed by atoms with Gasteiger partial charge in [0.25, 0.3) is 0 Å². The predicted octanol–water partition coefficient (Wildman–Crippen LogP) is 5.91. The van der Waals surface area contributed by atoms with Crippen molar-refractivity contribution in [2.45, 2.75) is 52.9 Å². The van der Waals surface area contributed by atoms with Crippen LogP contribution in [0.3, 0.4) is 0 Å². The van der Waals surface area contributed by atoms with Crippen molar-refractivity contribution < 1.29 is 0 Å². The molecule has 1 heterocycles. The van der Waals surface area contributed by atoms with Crippen molar-refractivity contribution in [3.8, 4) is 0 Å². The van der Waals surface area contributed by atoms with Crippen molar-refractivity contribution >= 4 is 27.3 Å². The summed E-state index contributed by atoms with van der Waals surface area (Å²) in [6.45, 7) is 7.20. The lowest BCUT2D eigenvalue weighted by molar-refractivity contribution is 0.104. The molecule has 1 aromatic rings. The van der Waals surface area contributed by atoms with Gasteiger partial charge in [0.1, 0.15) is 0 Å². The summed E-state index contributed by atoms with van der Waals surface area (Å²) in [6, 6.07) is 4.48. The summed E-state index contributed by atoms with van der Waals surface area (Å²) < 4.78 is 0. The molecule has 0 amide bonds. The van der Waals surface area contributed by atoms with E-state index in [0.717, 1.165) is 11.2 Å². The number of alkyl halides is 1. The smallest absolute Gasteiger partial charge is 0.00914 e. The van der Waals surface area contributed by atoms with Crippen LogP contribution in [0.25, 0.3) is 0 Å². The number of halogens is 1. The van der Waals surface area contributed by atoms with E-state index >= 15 is 0 Å². The molecule has 0 spiro atoms. The van der Waals surface area contributed by atoms with Crippen LogP contribution in [-0.4, -0.2) is 5.33 Å². The van der Waals surface area contributed by atoms with Crippen LogP contribution in [0.2, 0.25) is 0 Å². The topological polar surface area (TPSA) is 0 Å². The quantitative estimate of drug-likeness (QED) is 0.605. The Morgan fingerprint density at radius 2 is 2.00 bits per heavy atom. The first-order valence-corrected chi connectivity index (χ1v) is 9.04. The molecule has 1 fully saturated rings. The Morgan fingerprint density at radius 3 is 2.44 bits per heavy atom. The second-order valence-electron chi connectivity index (χ2n) is 7.03. The molecule has 0 bridgehead atoms. The molecule has 0 atom stereocenters. The summed E-state index contributed by atoms with van der Waals surface area (Å²) in [5, 5.41) is 3.37. The van der Waals surface area contributed by atoms with Crippen molar-refractivity contribution in [2.75, 3.05) is 5.33 Å². The van der Waals surface area contributed by atoms with Crippen LogP contribution in [0.1, 0.15) is 51.3 Å². The summed E-state index contributed by atoms with van der Waals surface area (Å²) in [6.07, 6.45) is 6.85. The Hall–Kier alpha value is 0.180. The van der Waals surface area contributed by atoms with Crippen LogP contribution in [-0.2, 0) is 6.42 Å². The molecule has 0 unspecified atom stereocenters. The van der Waals surface area contributed by atoms with E-state index < -0.39 is 0 Å². The third-order valence-electron chi connectivity index (χ3n) is 4.68. The van der Waals surface area contributed by atoms with Crippen LogP contribution in [0.4, 0.5) is 0 Å². The lowest BCUT2D eigenvalue weighted by atomic mass is 9.63. The maximum absolute atomic E-state index is 3.79. The average Bonchev–Trinajstić information content (AvgIpc) is 2.81. The first-order chi connectivity index (χ1) is 8.45. The Labute approximate surface area is 124 Å². The zero-order chi connectivity index (χ0) is 13.2. The Morgan fingerprint density at radius 1 is 1.33 bits per heavy atom. The number of rotatable bonds is 3. The summed E-state index contributed by atoms with van der Waals surface area (Å²) in [5.74, 6) is 0.910. The third kappa shape index (κ3) is 3.39. The van der Waals surface area contributed by atoms with Gasteiger partial charge in [-0.05, 0) is 60.3 Å². The molecule has 102 valence electrons. The highest BCUT2D eigenvalue weighted by Gasteiger charge is 2.38. The van der Waals surface area contributed by atoms with Gasteiger partial charge in [-0.2, -0.15) is 0 Å². The Kier molecular flexibility index (Phi) is 4.59. The number of hydrogen-bond acceptors (Lipinski definition) is 1. The largest absolute Gasteiger partial charge is 0.149 e. The third-order valence-corrected chi connectivity index (χ3v) is 6.75. The minimum absolute atomic E-state index is 0.488. The monoisotopic (exact) mass is 328 g/mol. The van der Waals surface area contributed by atoms with E-state index in [1.807, 2.05) is 11.3 Å². The molecule has 0 radical (unpaired) electrons. The standard InChI is InChI=1S/C16H25BrS/c1-15(2,3)13-6-8-16(12-17,9-7-13)11-14-5-4-10-18-14/h4-5,10,13H,6-9,11-12H2,1-3H3. The number of thiophene rings is 1. The van der Waals surface area contributed by atoms with E-state index in [2.05, 4.69) is 54.2 Å². The van der Waals surface area contributed by atoms with Gasteiger partial charge in [-0.15, -0.1) is 11.3 Å². The van der Waals surface area contributed by atoms with E-state index in [9.17, 15) is 0 Å². The first-order valence-electron chi connectivity index (χ1n) is 7.04. The van der Waals surface area contributed by atoms with Gasteiger partial charge in [-0.25, -0.2) is 0 Å². The van der Waals surface area contributed by atoms with Gasteiger partial charge in [0.15, 0.2) is 0 Å². The maximum atomic E-state index is 3.79. The van der Waals surface area contributed by atoms with Crippen molar-refractivity contribution in [3.63, 3.8) is 0 Å². The minimum atomic E-state index is 0.488. The van der Waals surface area contributed by atoms with Gasteiger partial charge in [0, 0.05) is 10.2 Å². The minimum Gasteiger partial charge on any atom is -0.149 e. The lowest BCUT2D eigenvalue weighted by Gasteiger charge is -2.43. The van der Waals surface area contributed by atoms with Crippen LogP contribution in [0.15, 0.2) is 17.5 Å². The summed E-state index contributed by atoms with van der Waals surface area (Å²) >= 11 is 5.70. The SMILES string of the molecule is CC(C)(C)C1CCC(CBr)(Cc2cccs2)CC1. The average molecular weight is 329 g/mol. The summed E-state index contributed by atoms with van der Waals surface area (Å²) in [4.78, 5) is 1.56. The van der Waals surface area contributed by atoms with E-state index in [1.165, 1.54) is 32.1 Å². The fraction of sp³-hybridized carbons (Fsp3) is 0.750. The lowest BCUT2D eigenvalue weighted by Crippen LogP contribution is -2.35. The molecule has 1 saturated carbocycles. The van der Waals surface area contributed by atoms with Crippen molar-refractivity contribution in [1.29, 1.82) is 0 Å². The van der Waals surface area contributed by atoms with Gasteiger partial charge in [-0.3, -0.25) is 0 Å². The molecule has 0 nitrogen and oxygen atoms in total. The molecule has 1 aliphatic rings. The zero-order valence-electron chi connectivity index (χ0n) is 11.8. The molecule has 18 heavy (non-hydrogen) atoms. The molecule has 1 aromatic heterocycles. The Balaban J connectivity index is 2.00. The van der Waals surface area contributed by atoms with Crippen LogP contribution in [0, 0.1) is 16.7 Å². The summed E-state index contributed by atoms with van der Waals surface area (Å²) in [5.41, 5.74) is 1.01. The molecule has 1 aliphatic carbocycles. The molecule has 0 N–H and O–H groups in total. The van der Waals surface area contributed by atoms with Crippen molar-refractivity contribution in [3.05, 3.63) is 22.4 Å². The van der Waals surface area contributed by atoms with Crippen LogP contribution in [0.5, 0.6) is 0 Å². The highest BCUT2D eigenvalue weighted by Crippen LogP contribution is 2.47. The van der Waals surface area contributed by atoms with E-state index in [-0.39, 0.29) is 0 Å². The van der Waals surface area contributed by atoms with Gasteiger partial charge >= 0.3 is 0 Å². The van der Waals surface area contributed by atoms with Crippen LogP contribution >= 0.6 is 27.3 Å². The first kappa shape index (κ1) is 14.6. The van der Waals surface area contributed by atoms with E-state index in [1.54, 1.807) is 4.88 Å². The fourth-order valence-corrected chi connectivity index (χ4v) is 4.87. The highest BCUT2D eigenvalue weighted by molar-refractivity contribution is 9.09. The molecular formula is C16H25BrS. The molecule has 2 heteroatoms. The van der Waals surface area contributed by atoms with E-state index in [0.29, 0.717) is 10.8 Å². The van der Waals surface area contributed by atoms with Crippen molar-refractivity contribution in [2.24, 2.45) is 16.7 Å². The normalized spacial score (nSPS) is 29.4. The Bertz CT molecular complexity index is 353. The van der Waals surface area contributed by atoms with Crippen LogP contribution < -0.4 is 0 Å². The molecule has 2 rings (SSSR count). The molecule has 0 aromatic carbocycles. The molecular weight excluding hydrogens is 304 g/mol. The highest BCUT2D eigenvalue weighted by atomic mass is 79.9. The van der Waals surface area contributed by atoms with Gasteiger partial charge in [0.2, 0.25) is 0 Å². The second-order valence-corrected chi connectivity index (χ2v) is 8.62. The fourth-order valence-electron chi connectivity index (χ4n) is 3.24. The van der Waals surface area contributed by atoms with E-state index in [4.69, 9.17) is 0 Å². The van der Waals surface area contributed by atoms with Gasteiger partial charge in [-0.1, -0.05) is 42.8 Å². The van der Waals surface area contributed by atoms with Gasteiger partial charge < -0.3 is 0 Å². The maximum Gasteiger partial charge on any atom is 0.00914 e. The summed E-state index contributed by atoms with van der Waals surface area (Å²) in [7, 11) is 0. The molecule has 0 aliphatic heterocycles. The predicted molar refractivity (Wildman–Crippen MR) is 85.7 cm³/mol. The molecule has 0 saturated heterocycles. The number of hydrogen-bond donors (Lipinski definition) is 0. The van der Waals surface area contributed by atoms with Crippen molar-refractivity contribution in [1.82, 2.24) is 0 Å². The second kappa shape index (κ2) is 5.66.